The molecule has 2 heteroatoms. The molecule has 1 aliphatic carbocycles. The molecule has 0 aromatic rings. The molecule has 0 heterocycles. The molecule has 1 fully saturated rings. The first-order chi connectivity index (χ1) is 9.96. The van der Waals surface area contributed by atoms with E-state index in [0.717, 1.165) is 19.3 Å². The van der Waals surface area contributed by atoms with E-state index in [1.165, 1.54) is 57.8 Å². The molecule has 0 aliphatic heterocycles. The van der Waals surface area contributed by atoms with Gasteiger partial charge in [-0.3, -0.25) is 0 Å². The standard InChI is InChI=1S/C19H39NO/c1-5-6-7-8-9-10-11-12-17(20)19(21-4)15-13-18(2,3)14-16-19/h17H,5-16,20H2,1-4H3. The van der Waals surface area contributed by atoms with Crippen LogP contribution in [0.25, 0.3) is 0 Å². The fourth-order valence-electron chi connectivity index (χ4n) is 3.66. The molecule has 0 spiro atoms. The Kier molecular flexibility index (Phi) is 8.26. The molecule has 1 rings (SSSR count). The Labute approximate surface area is 133 Å². The second-order valence-corrected chi connectivity index (χ2v) is 7.95. The Morgan fingerprint density at radius 2 is 1.43 bits per heavy atom. The predicted molar refractivity (Wildman–Crippen MR) is 92.6 cm³/mol. The number of hydrogen-bond donors (Lipinski definition) is 1. The van der Waals surface area contributed by atoms with Crippen molar-refractivity contribution in [3.05, 3.63) is 0 Å². The summed E-state index contributed by atoms with van der Waals surface area (Å²) in [4.78, 5) is 0. The first-order valence-corrected chi connectivity index (χ1v) is 9.26. The summed E-state index contributed by atoms with van der Waals surface area (Å²) in [6, 6.07) is 0.217. The zero-order valence-electron chi connectivity index (χ0n) is 15.0. The molecule has 1 aliphatic rings. The lowest BCUT2D eigenvalue weighted by Gasteiger charge is -2.46. The Balaban J connectivity index is 2.24. The van der Waals surface area contributed by atoms with Gasteiger partial charge in [0.1, 0.15) is 0 Å². The Bertz CT molecular complexity index is 265. The smallest absolute Gasteiger partial charge is 0.0829 e. The van der Waals surface area contributed by atoms with Gasteiger partial charge in [0.2, 0.25) is 0 Å². The molecule has 21 heavy (non-hydrogen) atoms. The number of nitrogens with two attached hydrogens (primary N) is 1. The van der Waals surface area contributed by atoms with Crippen molar-refractivity contribution >= 4 is 0 Å². The van der Waals surface area contributed by atoms with Crippen molar-refractivity contribution in [2.24, 2.45) is 11.1 Å². The average Bonchev–Trinajstić information content (AvgIpc) is 2.47. The largest absolute Gasteiger partial charge is 0.377 e. The van der Waals surface area contributed by atoms with Crippen LogP contribution in [0.15, 0.2) is 0 Å². The lowest BCUT2D eigenvalue weighted by molar-refractivity contribution is -0.0800. The van der Waals surface area contributed by atoms with Crippen LogP contribution in [0.5, 0.6) is 0 Å². The third-order valence-electron chi connectivity index (χ3n) is 5.65. The highest BCUT2D eigenvalue weighted by molar-refractivity contribution is 4.97. The normalized spacial score (nSPS) is 22.1. The van der Waals surface area contributed by atoms with Crippen molar-refractivity contribution < 1.29 is 4.74 Å². The van der Waals surface area contributed by atoms with Crippen LogP contribution in [-0.2, 0) is 4.74 Å². The van der Waals surface area contributed by atoms with E-state index >= 15 is 0 Å². The zero-order valence-corrected chi connectivity index (χ0v) is 15.0. The molecule has 1 unspecified atom stereocenters. The van der Waals surface area contributed by atoms with E-state index in [2.05, 4.69) is 20.8 Å². The van der Waals surface area contributed by atoms with E-state index in [4.69, 9.17) is 10.5 Å². The summed E-state index contributed by atoms with van der Waals surface area (Å²) in [5.74, 6) is 0. The summed E-state index contributed by atoms with van der Waals surface area (Å²) in [7, 11) is 1.86. The summed E-state index contributed by atoms with van der Waals surface area (Å²) in [5.41, 5.74) is 6.95. The minimum absolute atomic E-state index is 0.0439. The van der Waals surface area contributed by atoms with Crippen molar-refractivity contribution in [3.63, 3.8) is 0 Å². The lowest BCUT2D eigenvalue weighted by Crippen LogP contribution is -2.52. The molecule has 0 aromatic carbocycles. The van der Waals surface area contributed by atoms with E-state index in [0.29, 0.717) is 5.41 Å². The van der Waals surface area contributed by atoms with Crippen LogP contribution >= 0.6 is 0 Å². The van der Waals surface area contributed by atoms with E-state index in [1.807, 2.05) is 7.11 Å². The maximum atomic E-state index is 6.52. The van der Waals surface area contributed by atoms with Gasteiger partial charge in [-0.2, -0.15) is 0 Å². The van der Waals surface area contributed by atoms with Gasteiger partial charge in [-0.15, -0.1) is 0 Å². The van der Waals surface area contributed by atoms with Gasteiger partial charge in [-0.05, 0) is 37.5 Å². The van der Waals surface area contributed by atoms with Gasteiger partial charge in [0.15, 0.2) is 0 Å². The van der Waals surface area contributed by atoms with Gasteiger partial charge in [0, 0.05) is 13.2 Å². The molecule has 2 N–H and O–H groups in total. The average molecular weight is 298 g/mol. The Hall–Kier alpha value is -0.0800. The molecule has 0 amide bonds. The summed E-state index contributed by atoms with van der Waals surface area (Å²) in [5, 5.41) is 0. The molecule has 0 saturated heterocycles. The van der Waals surface area contributed by atoms with Crippen molar-refractivity contribution in [3.8, 4) is 0 Å². The second-order valence-electron chi connectivity index (χ2n) is 7.95. The van der Waals surface area contributed by atoms with Gasteiger partial charge in [0.05, 0.1) is 5.60 Å². The van der Waals surface area contributed by atoms with Crippen molar-refractivity contribution in [1.82, 2.24) is 0 Å². The highest BCUT2D eigenvalue weighted by Gasteiger charge is 2.42. The van der Waals surface area contributed by atoms with E-state index in [1.54, 1.807) is 0 Å². The van der Waals surface area contributed by atoms with Crippen LogP contribution in [0.2, 0.25) is 0 Å². The van der Waals surface area contributed by atoms with E-state index < -0.39 is 0 Å². The highest BCUT2D eigenvalue weighted by Crippen LogP contribution is 2.43. The number of ether oxygens (including phenoxy) is 1. The lowest BCUT2D eigenvalue weighted by atomic mass is 9.68. The number of hydrogen-bond acceptors (Lipinski definition) is 2. The maximum absolute atomic E-state index is 6.52. The SMILES string of the molecule is CCCCCCCCCC(N)C1(OC)CCC(C)(C)CC1. The molecule has 126 valence electrons. The molecule has 0 aromatic heterocycles. The van der Waals surface area contributed by atoms with Crippen molar-refractivity contribution in [1.29, 1.82) is 0 Å². The Morgan fingerprint density at radius 3 is 1.95 bits per heavy atom. The minimum atomic E-state index is -0.0439. The molecule has 1 saturated carbocycles. The monoisotopic (exact) mass is 297 g/mol. The molecule has 2 nitrogen and oxygen atoms in total. The predicted octanol–water partition coefficient (Wildman–Crippen LogP) is 5.44. The number of rotatable bonds is 10. The summed E-state index contributed by atoms with van der Waals surface area (Å²) >= 11 is 0. The minimum Gasteiger partial charge on any atom is -0.377 e. The second kappa shape index (κ2) is 9.15. The van der Waals surface area contributed by atoms with Crippen LogP contribution in [0.3, 0.4) is 0 Å². The molecular weight excluding hydrogens is 258 g/mol. The fourth-order valence-corrected chi connectivity index (χ4v) is 3.66. The van der Waals surface area contributed by atoms with Crippen LogP contribution < -0.4 is 5.73 Å². The number of methoxy groups -OCH3 is 1. The molecule has 1 atom stereocenters. The van der Waals surface area contributed by atoms with Gasteiger partial charge < -0.3 is 10.5 Å². The van der Waals surface area contributed by atoms with Crippen LogP contribution in [0, 0.1) is 5.41 Å². The van der Waals surface area contributed by atoms with Crippen LogP contribution in [0.4, 0.5) is 0 Å². The first-order valence-electron chi connectivity index (χ1n) is 9.26. The summed E-state index contributed by atoms with van der Waals surface area (Å²) < 4.78 is 5.92. The quantitative estimate of drug-likeness (QED) is 0.545. The Morgan fingerprint density at radius 1 is 0.905 bits per heavy atom. The van der Waals surface area contributed by atoms with Gasteiger partial charge in [-0.25, -0.2) is 0 Å². The topological polar surface area (TPSA) is 35.2 Å². The van der Waals surface area contributed by atoms with Crippen molar-refractivity contribution in [2.75, 3.05) is 7.11 Å². The number of unbranched alkanes of at least 4 members (excludes halogenated alkanes) is 6. The van der Waals surface area contributed by atoms with Crippen LogP contribution in [-0.4, -0.2) is 18.8 Å². The third-order valence-corrected chi connectivity index (χ3v) is 5.65. The van der Waals surface area contributed by atoms with E-state index in [-0.39, 0.29) is 11.6 Å². The summed E-state index contributed by atoms with van der Waals surface area (Å²) in [6.07, 6.45) is 15.4. The van der Waals surface area contributed by atoms with Gasteiger partial charge in [0.25, 0.3) is 0 Å². The van der Waals surface area contributed by atoms with Crippen LogP contribution in [0.1, 0.15) is 97.8 Å². The molecule has 0 bridgehead atoms. The maximum Gasteiger partial charge on any atom is 0.0829 e. The van der Waals surface area contributed by atoms with Gasteiger partial charge >= 0.3 is 0 Å². The van der Waals surface area contributed by atoms with E-state index in [9.17, 15) is 0 Å². The van der Waals surface area contributed by atoms with Crippen molar-refractivity contribution in [2.45, 2.75) is 109 Å². The third kappa shape index (κ3) is 6.28. The first kappa shape index (κ1) is 19.0. The zero-order chi connectivity index (χ0) is 15.8. The molecule has 0 radical (unpaired) electrons. The van der Waals surface area contributed by atoms with Gasteiger partial charge in [-0.1, -0.05) is 65.7 Å². The fraction of sp³-hybridized carbons (Fsp3) is 1.00. The highest BCUT2D eigenvalue weighted by atomic mass is 16.5. The summed E-state index contributed by atoms with van der Waals surface area (Å²) in [6.45, 7) is 7.01. The molecular formula is C19H39NO.